The van der Waals surface area contributed by atoms with E-state index in [9.17, 15) is 22.8 Å². The van der Waals surface area contributed by atoms with Crippen LogP contribution in [0.5, 0.6) is 5.75 Å². The van der Waals surface area contributed by atoms with Crippen LogP contribution < -0.4 is 10.1 Å². The predicted octanol–water partition coefficient (Wildman–Crippen LogP) is 3.14. The van der Waals surface area contributed by atoms with Crippen LogP contribution in [0, 0.1) is 11.3 Å². The topological polar surface area (TPSA) is 88.4 Å². The summed E-state index contributed by atoms with van der Waals surface area (Å²) in [4.78, 5) is 23.2. The first-order valence-electron chi connectivity index (χ1n) is 7.53. The fourth-order valence-corrected chi connectivity index (χ4v) is 1.90. The van der Waals surface area contributed by atoms with E-state index in [4.69, 9.17) is 14.7 Å². The van der Waals surface area contributed by atoms with Crippen molar-refractivity contribution in [2.75, 3.05) is 18.5 Å². The van der Waals surface area contributed by atoms with Gasteiger partial charge in [0.1, 0.15) is 5.75 Å². The van der Waals surface area contributed by atoms with Crippen LogP contribution in [0.25, 0.3) is 0 Å². The van der Waals surface area contributed by atoms with E-state index in [2.05, 4.69) is 5.32 Å². The van der Waals surface area contributed by atoms with Crippen molar-refractivity contribution in [1.82, 2.24) is 0 Å². The van der Waals surface area contributed by atoms with Crippen molar-refractivity contribution in [1.29, 1.82) is 5.26 Å². The smallest absolute Gasteiger partial charge is 0.416 e. The number of alkyl halides is 3. The Hall–Kier alpha value is -3.54. The van der Waals surface area contributed by atoms with Crippen LogP contribution in [0.4, 0.5) is 18.9 Å². The maximum Gasteiger partial charge on any atom is 0.416 e. The predicted molar refractivity (Wildman–Crippen MR) is 87.7 cm³/mol. The summed E-state index contributed by atoms with van der Waals surface area (Å²) in [6.07, 6.45) is -4.47. The minimum Gasteiger partial charge on any atom is -0.482 e. The lowest BCUT2D eigenvalue weighted by Gasteiger charge is -2.09. The van der Waals surface area contributed by atoms with E-state index in [-0.39, 0.29) is 5.69 Å². The Balaban J connectivity index is 1.74. The van der Waals surface area contributed by atoms with Crippen LogP contribution in [0.3, 0.4) is 0 Å². The first-order valence-corrected chi connectivity index (χ1v) is 7.53. The second kappa shape index (κ2) is 8.71. The molecule has 0 aliphatic rings. The monoisotopic (exact) mass is 378 g/mol. The zero-order valence-corrected chi connectivity index (χ0v) is 13.7. The number of hydrogen-bond acceptors (Lipinski definition) is 5. The highest BCUT2D eigenvalue weighted by Gasteiger charge is 2.29. The summed E-state index contributed by atoms with van der Waals surface area (Å²) in [7, 11) is 0. The molecule has 9 heteroatoms. The number of anilines is 1. The third-order valence-corrected chi connectivity index (χ3v) is 3.20. The molecule has 27 heavy (non-hydrogen) atoms. The van der Waals surface area contributed by atoms with Gasteiger partial charge in [0.2, 0.25) is 0 Å². The van der Waals surface area contributed by atoms with Crippen molar-refractivity contribution in [3.8, 4) is 11.8 Å². The van der Waals surface area contributed by atoms with Crippen LogP contribution >= 0.6 is 0 Å². The summed E-state index contributed by atoms with van der Waals surface area (Å²) in [6, 6.07) is 11.8. The van der Waals surface area contributed by atoms with Gasteiger partial charge in [0.25, 0.3) is 5.91 Å². The summed E-state index contributed by atoms with van der Waals surface area (Å²) >= 11 is 0. The molecule has 2 aromatic carbocycles. The molecular weight excluding hydrogens is 365 g/mol. The molecule has 140 valence electrons. The van der Waals surface area contributed by atoms with Crippen molar-refractivity contribution in [3.63, 3.8) is 0 Å². The lowest BCUT2D eigenvalue weighted by atomic mass is 10.2. The molecule has 0 aliphatic carbocycles. The number of nitriles is 1. The number of carbonyl (C=O) groups excluding carboxylic acids is 2. The van der Waals surface area contributed by atoms with Gasteiger partial charge < -0.3 is 14.8 Å². The van der Waals surface area contributed by atoms with Crippen molar-refractivity contribution in [3.05, 3.63) is 59.7 Å². The molecule has 0 radical (unpaired) electrons. The van der Waals surface area contributed by atoms with Gasteiger partial charge in [-0.25, -0.2) is 4.79 Å². The molecule has 0 aliphatic heterocycles. The standard InChI is InChI=1S/C18H13F3N2O4/c19-18(20,21)13-3-5-14(6-4-13)23-16(24)10-27-17(25)11-26-15-7-1-12(9-22)2-8-15/h1-8H,10-11H2,(H,23,24). The van der Waals surface area contributed by atoms with Crippen LogP contribution in [-0.4, -0.2) is 25.1 Å². The third-order valence-electron chi connectivity index (χ3n) is 3.20. The molecule has 1 N–H and O–H groups in total. The van der Waals surface area contributed by atoms with Crippen molar-refractivity contribution in [2.45, 2.75) is 6.18 Å². The van der Waals surface area contributed by atoms with Crippen LogP contribution in [-0.2, 0) is 20.5 Å². The number of benzene rings is 2. The Morgan fingerprint density at radius 1 is 1.00 bits per heavy atom. The fourth-order valence-electron chi connectivity index (χ4n) is 1.90. The Morgan fingerprint density at radius 2 is 1.63 bits per heavy atom. The van der Waals surface area contributed by atoms with E-state index in [0.717, 1.165) is 24.3 Å². The fraction of sp³-hybridized carbons (Fsp3) is 0.167. The van der Waals surface area contributed by atoms with Gasteiger partial charge in [-0.05, 0) is 48.5 Å². The number of rotatable bonds is 6. The van der Waals surface area contributed by atoms with Crippen molar-refractivity contribution < 1.29 is 32.2 Å². The molecule has 2 aromatic rings. The molecule has 0 saturated carbocycles. The Bertz CT molecular complexity index is 841. The zero-order valence-electron chi connectivity index (χ0n) is 13.7. The molecule has 1 amide bonds. The second-order valence-corrected chi connectivity index (χ2v) is 5.21. The van der Waals surface area contributed by atoms with Crippen LogP contribution in [0.15, 0.2) is 48.5 Å². The molecule has 0 unspecified atom stereocenters. The molecule has 2 rings (SSSR count). The average Bonchev–Trinajstić information content (AvgIpc) is 2.65. The van der Waals surface area contributed by atoms with Gasteiger partial charge in [-0.3, -0.25) is 4.79 Å². The van der Waals surface area contributed by atoms with Crippen molar-refractivity contribution >= 4 is 17.6 Å². The van der Waals surface area contributed by atoms with Gasteiger partial charge in [-0.2, -0.15) is 18.4 Å². The Morgan fingerprint density at radius 3 is 2.19 bits per heavy atom. The lowest BCUT2D eigenvalue weighted by Crippen LogP contribution is -2.23. The van der Waals surface area contributed by atoms with Gasteiger partial charge in [0, 0.05) is 5.69 Å². The van der Waals surface area contributed by atoms with Gasteiger partial charge >= 0.3 is 12.1 Å². The molecule has 0 atom stereocenters. The normalized spacial score (nSPS) is 10.6. The summed E-state index contributed by atoms with van der Waals surface area (Å²) in [5.41, 5.74) is -0.269. The number of carbonyl (C=O) groups is 2. The highest BCUT2D eigenvalue weighted by molar-refractivity contribution is 5.92. The number of hydrogen-bond donors (Lipinski definition) is 1. The Labute approximate surface area is 152 Å². The first-order chi connectivity index (χ1) is 12.8. The molecule has 0 saturated heterocycles. The van der Waals surface area contributed by atoms with E-state index in [0.29, 0.717) is 11.3 Å². The summed E-state index contributed by atoms with van der Waals surface area (Å²) in [6.45, 7) is -1.06. The largest absolute Gasteiger partial charge is 0.482 e. The second-order valence-electron chi connectivity index (χ2n) is 5.21. The molecule has 6 nitrogen and oxygen atoms in total. The highest BCUT2D eigenvalue weighted by Crippen LogP contribution is 2.29. The molecule has 0 aromatic heterocycles. The molecule has 0 heterocycles. The van der Waals surface area contributed by atoms with Crippen LogP contribution in [0.2, 0.25) is 0 Å². The molecule has 0 spiro atoms. The SMILES string of the molecule is N#Cc1ccc(OCC(=O)OCC(=O)Nc2ccc(C(F)(F)F)cc2)cc1. The Kier molecular flexibility index (Phi) is 6.38. The number of halogens is 3. The minimum atomic E-state index is -4.47. The third kappa shape index (κ3) is 6.36. The van der Waals surface area contributed by atoms with Gasteiger partial charge in [-0.1, -0.05) is 0 Å². The van der Waals surface area contributed by atoms with E-state index >= 15 is 0 Å². The number of esters is 1. The lowest BCUT2D eigenvalue weighted by molar-refractivity contribution is -0.149. The zero-order chi connectivity index (χ0) is 19.9. The van der Waals surface area contributed by atoms with E-state index in [1.54, 1.807) is 0 Å². The summed E-state index contributed by atoms with van der Waals surface area (Å²) in [5.74, 6) is -1.16. The maximum absolute atomic E-state index is 12.5. The van der Waals surface area contributed by atoms with Gasteiger partial charge in [-0.15, -0.1) is 0 Å². The first kappa shape index (κ1) is 19.8. The molecular formula is C18H13F3N2O4. The van der Waals surface area contributed by atoms with E-state index in [1.807, 2.05) is 6.07 Å². The highest BCUT2D eigenvalue weighted by atomic mass is 19.4. The van der Waals surface area contributed by atoms with Crippen molar-refractivity contribution in [2.24, 2.45) is 0 Å². The number of ether oxygens (including phenoxy) is 2. The number of nitrogens with one attached hydrogen (secondary N) is 1. The van der Waals surface area contributed by atoms with E-state index < -0.39 is 36.8 Å². The summed E-state index contributed by atoms with van der Waals surface area (Å²) in [5, 5.41) is 11.0. The number of nitrogens with zero attached hydrogens (tertiary/aromatic N) is 1. The maximum atomic E-state index is 12.5. The molecule has 0 bridgehead atoms. The average molecular weight is 378 g/mol. The quantitative estimate of drug-likeness (QED) is 0.780. The number of amides is 1. The summed E-state index contributed by atoms with van der Waals surface area (Å²) < 4.78 is 47.2. The van der Waals surface area contributed by atoms with E-state index in [1.165, 1.54) is 24.3 Å². The van der Waals surface area contributed by atoms with Crippen LogP contribution in [0.1, 0.15) is 11.1 Å². The minimum absolute atomic E-state index is 0.137. The van der Waals surface area contributed by atoms with Gasteiger partial charge in [0.05, 0.1) is 17.2 Å². The van der Waals surface area contributed by atoms with Gasteiger partial charge in [0.15, 0.2) is 13.2 Å². The molecule has 0 fully saturated rings.